The number of benzene rings is 1. The van der Waals surface area contributed by atoms with Gasteiger partial charge in [0.25, 0.3) is 0 Å². The second-order valence-corrected chi connectivity index (χ2v) is 5.61. The van der Waals surface area contributed by atoms with Crippen molar-refractivity contribution in [2.45, 2.75) is 19.3 Å². The molecule has 6 heteroatoms. The molecule has 1 amide bonds. The molecule has 2 rings (SSSR count). The van der Waals surface area contributed by atoms with Crippen LogP contribution in [0.2, 0.25) is 0 Å². The number of nitrogens with two attached hydrogens (primary N) is 1. The molecule has 0 bridgehead atoms. The van der Waals surface area contributed by atoms with E-state index in [9.17, 15) is 9.59 Å². The summed E-state index contributed by atoms with van der Waals surface area (Å²) in [5.41, 5.74) is 5.49. The normalized spacial score (nSPS) is 16.5. The standard InChI is InChI=1S/C13H15BrN2O3/c14-9-4-1-3-8(11(17)18)10(9)16-12(19)13(7-15)5-2-6-13/h1,3-4H,2,5-7,15H2,(H,16,19)(H,17,18). The summed E-state index contributed by atoms with van der Waals surface area (Å²) in [6.45, 7) is 0.283. The van der Waals surface area contributed by atoms with Gasteiger partial charge in [0.2, 0.25) is 5.91 Å². The van der Waals surface area contributed by atoms with Crippen LogP contribution in [0, 0.1) is 5.41 Å². The SMILES string of the molecule is NCC1(C(=O)Nc2c(Br)cccc2C(=O)O)CCC1. The maximum Gasteiger partial charge on any atom is 0.337 e. The molecule has 1 aromatic carbocycles. The third-order valence-electron chi connectivity index (χ3n) is 3.67. The Kier molecular flexibility index (Phi) is 3.91. The van der Waals surface area contributed by atoms with Crippen LogP contribution in [-0.2, 0) is 4.79 Å². The molecule has 1 aliphatic rings. The lowest BCUT2D eigenvalue weighted by Gasteiger charge is -2.39. The summed E-state index contributed by atoms with van der Waals surface area (Å²) in [5, 5.41) is 11.8. The smallest absolute Gasteiger partial charge is 0.337 e. The summed E-state index contributed by atoms with van der Waals surface area (Å²) >= 11 is 3.26. The van der Waals surface area contributed by atoms with Gasteiger partial charge in [-0.05, 0) is 40.9 Å². The first-order valence-electron chi connectivity index (χ1n) is 6.03. The number of halogens is 1. The van der Waals surface area contributed by atoms with E-state index in [0.717, 1.165) is 19.3 Å². The lowest BCUT2D eigenvalue weighted by molar-refractivity contribution is -0.129. The number of para-hydroxylation sites is 1. The predicted octanol–water partition coefficient (Wildman–Crippen LogP) is 2.21. The molecule has 0 aromatic heterocycles. The summed E-state index contributed by atoms with van der Waals surface area (Å²) in [4.78, 5) is 23.4. The fraction of sp³-hybridized carbons (Fsp3) is 0.385. The van der Waals surface area contributed by atoms with E-state index < -0.39 is 11.4 Å². The van der Waals surface area contributed by atoms with Gasteiger partial charge in [0.15, 0.2) is 0 Å². The van der Waals surface area contributed by atoms with Gasteiger partial charge in [-0.2, -0.15) is 0 Å². The van der Waals surface area contributed by atoms with Crippen molar-refractivity contribution in [1.29, 1.82) is 0 Å². The number of amides is 1. The third-order valence-corrected chi connectivity index (χ3v) is 4.33. The molecule has 0 atom stereocenters. The molecule has 0 heterocycles. The molecule has 0 spiro atoms. The van der Waals surface area contributed by atoms with Crippen LogP contribution in [-0.4, -0.2) is 23.5 Å². The van der Waals surface area contributed by atoms with Crippen molar-refractivity contribution in [3.8, 4) is 0 Å². The Balaban J connectivity index is 2.28. The van der Waals surface area contributed by atoms with Crippen LogP contribution in [0.25, 0.3) is 0 Å². The molecule has 19 heavy (non-hydrogen) atoms. The zero-order valence-electron chi connectivity index (χ0n) is 10.3. The van der Waals surface area contributed by atoms with Crippen molar-refractivity contribution in [1.82, 2.24) is 0 Å². The molecule has 1 fully saturated rings. The molecule has 1 aromatic rings. The first-order valence-corrected chi connectivity index (χ1v) is 6.83. The lowest BCUT2D eigenvalue weighted by atomic mass is 9.68. The van der Waals surface area contributed by atoms with Gasteiger partial charge < -0.3 is 16.2 Å². The molecule has 1 saturated carbocycles. The maximum atomic E-state index is 12.3. The molecule has 5 nitrogen and oxygen atoms in total. The summed E-state index contributed by atoms with van der Waals surface area (Å²) in [5.74, 6) is -1.28. The Morgan fingerprint density at radius 2 is 2.11 bits per heavy atom. The molecule has 102 valence electrons. The van der Waals surface area contributed by atoms with E-state index in [4.69, 9.17) is 10.8 Å². The molecular formula is C13H15BrN2O3. The Morgan fingerprint density at radius 1 is 1.42 bits per heavy atom. The van der Waals surface area contributed by atoms with Crippen molar-refractivity contribution in [3.05, 3.63) is 28.2 Å². The minimum atomic E-state index is -1.08. The van der Waals surface area contributed by atoms with E-state index >= 15 is 0 Å². The number of carboxylic acids is 1. The number of hydrogen-bond acceptors (Lipinski definition) is 3. The third kappa shape index (κ3) is 2.50. The summed E-state index contributed by atoms with van der Waals surface area (Å²) in [6, 6.07) is 4.77. The molecule has 0 saturated heterocycles. The second-order valence-electron chi connectivity index (χ2n) is 4.76. The van der Waals surface area contributed by atoms with Crippen LogP contribution in [0.3, 0.4) is 0 Å². The van der Waals surface area contributed by atoms with Crippen molar-refractivity contribution in [2.24, 2.45) is 11.1 Å². The lowest BCUT2D eigenvalue weighted by Crippen LogP contribution is -2.47. The van der Waals surface area contributed by atoms with E-state index in [1.165, 1.54) is 6.07 Å². The highest BCUT2D eigenvalue weighted by molar-refractivity contribution is 9.10. The predicted molar refractivity (Wildman–Crippen MR) is 75.1 cm³/mol. The van der Waals surface area contributed by atoms with Gasteiger partial charge in [-0.15, -0.1) is 0 Å². The summed E-state index contributed by atoms with van der Waals surface area (Å²) < 4.78 is 0.548. The van der Waals surface area contributed by atoms with E-state index in [-0.39, 0.29) is 18.0 Å². The fourth-order valence-electron chi connectivity index (χ4n) is 2.20. The molecular weight excluding hydrogens is 312 g/mol. The van der Waals surface area contributed by atoms with Crippen molar-refractivity contribution in [3.63, 3.8) is 0 Å². The van der Waals surface area contributed by atoms with Crippen LogP contribution in [0.5, 0.6) is 0 Å². The summed E-state index contributed by atoms with van der Waals surface area (Å²) in [6.07, 6.45) is 2.48. The van der Waals surface area contributed by atoms with Crippen LogP contribution in [0.15, 0.2) is 22.7 Å². The quantitative estimate of drug-likeness (QED) is 0.790. The average Bonchev–Trinajstić information content (AvgIpc) is 2.30. The van der Waals surface area contributed by atoms with Gasteiger partial charge in [0.1, 0.15) is 0 Å². The van der Waals surface area contributed by atoms with Crippen LogP contribution < -0.4 is 11.1 Å². The minimum absolute atomic E-state index is 0.0641. The number of carbonyl (C=O) groups is 2. The van der Waals surface area contributed by atoms with Gasteiger partial charge in [-0.3, -0.25) is 4.79 Å². The Bertz CT molecular complexity index is 521. The highest BCUT2D eigenvalue weighted by Crippen LogP contribution is 2.41. The number of nitrogens with one attached hydrogen (secondary N) is 1. The molecule has 0 unspecified atom stereocenters. The van der Waals surface area contributed by atoms with Crippen LogP contribution in [0.4, 0.5) is 5.69 Å². The summed E-state index contributed by atoms with van der Waals surface area (Å²) in [7, 11) is 0. The van der Waals surface area contributed by atoms with Crippen LogP contribution in [0.1, 0.15) is 29.6 Å². The first-order chi connectivity index (χ1) is 9.00. The average molecular weight is 327 g/mol. The number of carboxylic acid groups (broad SMARTS) is 1. The van der Waals surface area contributed by atoms with E-state index in [1.54, 1.807) is 12.1 Å². The number of aromatic carboxylic acids is 1. The highest BCUT2D eigenvalue weighted by atomic mass is 79.9. The Labute approximate surface area is 119 Å². The van der Waals surface area contributed by atoms with E-state index in [1.807, 2.05) is 0 Å². The zero-order valence-corrected chi connectivity index (χ0v) is 11.9. The monoisotopic (exact) mass is 326 g/mol. The van der Waals surface area contributed by atoms with Crippen molar-refractivity contribution >= 4 is 33.5 Å². The Morgan fingerprint density at radius 3 is 2.58 bits per heavy atom. The molecule has 1 aliphatic carbocycles. The van der Waals surface area contributed by atoms with E-state index in [0.29, 0.717) is 10.2 Å². The second kappa shape index (κ2) is 5.30. The number of anilines is 1. The molecule has 0 radical (unpaired) electrons. The van der Waals surface area contributed by atoms with Gasteiger partial charge in [-0.25, -0.2) is 4.79 Å². The van der Waals surface area contributed by atoms with Crippen molar-refractivity contribution < 1.29 is 14.7 Å². The number of rotatable bonds is 4. The van der Waals surface area contributed by atoms with Gasteiger partial charge in [0.05, 0.1) is 16.7 Å². The maximum absolute atomic E-state index is 12.3. The van der Waals surface area contributed by atoms with Gasteiger partial charge in [-0.1, -0.05) is 12.5 Å². The topological polar surface area (TPSA) is 92.4 Å². The first kappa shape index (κ1) is 14.0. The molecule has 4 N–H and O–H groups in total. The minimum Gasteiger partial charge on any atom is -0.478 e. The van der Waals surface area contributed by atoms with Gasteiger partial charge in [0, 0.05) is 11.0 Å². The number of hydrogen-bond donors (Lipinski definition) is 3. The highest BCUT2D eigenvalue weighted by Gasteiger charge is 2.43. The Hall–Kier alpha value is -1.40. The van der Waals surface area contributed by atoms with E-state index in [2.05, 4.69) is 21.2 Å². The largest absolute Gasteiger partial charge is 0.478 e. The number of carbonyl (C=O) groups excluding carboxylic acids is 1. The van der Waals surface area contributed by atoms with Crippen LogP contribution >= 0.6 is 15.9 Å². The van der Waals surface area contributed by atoms with Gasteiger partial charge >= 0.3 is 5.97 Å². The fourth-order valence-corrected chi connectivity index (χ4v) is 2.67. The molecule has 0 aliphatic heterocycles. The van der Waals surface area contributed by atoms with Crippen molar-refractivity contribution in [2.75, 3.05) is 11.9 Å². The zero-order chi connectivity index (χ0) is 14.0.